The first-order chi connectivity index (χ1) is 28.9. The molecule has 1 rings (SSSR count). The maximum atomic E-state index is 12.8. The molecule has 0 radical (unpaired) electrons. The van der Waals surface area contributed by atoms with Gasteiger partial charge in [0.2, 0.25) is 0 Å². The Labute approximate surface area is 362 Å². The lowest BCUT2D eigenvalue weighted by molar-refractivity contribution is -0.220. The highest BCUT2D eigenvalue weighted by atomic mass is 31.2. The molecule has 0 heterocycles. The summed E-state index contributed by atoms with van der Waals surface area (Å²) in [6.07, 6.45) is 26.5. The number of carbonyl (C=O) groups is 2. The maximum Gasteiger partial charge on any atom is 0.472 e. The summed E-state index contributed by atoms with van der Waals surface area (Å²) >= 11 is 0. The molecule has 0 aromatic rings. The summed E-state index contributed by atoms with van der Waals surface area (Å²) in [4.78, 5) is 35.7. The number of phosphoric acid groups is 1. The van der Waals surface area contributed by atoms with Crippen molar-refractivity contribution in [2.75, 3.05) is 13.2 Å². The number of ether oxygens (including phenoxy) is 2. The van der Waals surface area contributed by atoms with Gasteiger partial charge in [-0.2, -0.15) is 0 Å². The molecular weight excluding hydrogens is 791 g/mol. The van der Waals surface area contributed by atoms with Crippen LogP contribution in [0.25, 0.3) is 0 Å². The van der Waals surface area contributed by atoms with E-state index in [1.54, 1.807) is 0 Å². The molecule has 6 atom stereocenters. The van der Waals surface area contributed by atoms with E-state index >= 15 is 0 Å². The predicted octanol–water partition coefficient (Wildman–Crippen LogP) is 9.23. The second kappa shape index (κ2) is 36.8. The third-order valence-corrected chi connectivity index (χ3v) is 12.0. The molecule has 6 N–H and O–H groups in total. The van der Waals surface area contributed by atoms with Crippen LogP contribution in [0.3, 0.4) is 0 Å². The third-order valence-electron chi connectivity index (χ3n) is 11.0. The Kier molecular flexibility index (Phi) is 34.5. The van der Waals surface area contributed by atoms with E-state index in [0.717, 1.165) is 77.0 Å². The lowest BCUT2D eigenvalue weighted by atomic mass is 9.85. The summed E-state index contributed by atoms with van der Waals surface area (Å²) in [6.45, 7) is 3.28. The van der Waals surface area contributed by atoms with Crippen molar-refractivity contribution in [1.82, 2.24) is 0 Å². The van der Waals surface area contributed by atoms with Gasteiger partial charge in [0.15, 0.2) is 6.10 Å². The Hall–Kier alpha value is -1.67. The van der Waals surface area contributed by atoms with E-state index in [2.05, 4.69) is 38.2 Å². The monoisotopic (exact) mass is 877 g/mol. The Morgan fingerprint density at radius 2 is 0.900 bits per heavy atom. The van der Waals surface area contributed by atoms with Crippen LogP contribution >= 0.6 is 7.82 Å². The van der Waals surface area contributed by atoms with Crippen LogP contribution in [-0.4, -0.2) is 98.3 Å². The van der Waals surface area contributed by atoms with Crippen LogP contribution in [0.5, 0.6) is 0 Å². The topological polar surface area (TPSA) is 210 Å². The fourth-order valence-electron chi connectivity index (χ4n) is 7.20. The molecule has 1 saturated carbocycles. The van der Waals surface area contributed by atoms with Gasteiger partial charge in [-0.15, -0.1) is 0 Å². The molecule has 1 aliphatic carbocycles. The number of aliphatic hydroxyl groups excluding tert-OH is 5. The maximum absolute atomic E-state index is 12.8. The third kappa shape index (κ3) is 28.8. The second-order valence-corrected chi connectivity index (χ2v) is 18.0. The molecule has 0 spiro atoms. The fraction of sp³-hybridized carbons (Fsp3) is 0.870. The number of carbonyl (C=O) groups excluding carboxylic acids is 2. The zero-order chi connectivity index (χ0) is 44.3. The van der Waals surface area contributed by atoms with Crippen LogP contribution in [0.2, 0.25) is 0 Å². The minimum Gasteiger partial charge on any atom is -0.462 e. The molecule has 0 aliphatic heterocycles. The van der Waals surface area contributed by atoms with Crippen molar-refractivity contribution >= 4 is 19.8 Å². The number of phosphoric ester groups is 1. The minimum absolute atomic E-state index is 0.0905. The molecule has 352 valence electrons. The van der Waals surface area contributed by atoms with Crippen molar-refractivity contribution in [3.8, 4) is 0 Å². The Morgan fingerprint density at radius 3 is 1.38 bits per heavy atom. The summed E-state index contributed by atoms with van der Waals surface area (Å²) < 4.78 is 33.5. The standard InChI is InChI=1S/C46H85O13P/c1-3-5-7-9-11-13-15-17-19-20-21-23-25-27-29-31-33-35-40(48)58-38(37-57-60(54,55)59-46-44(52)42(50)41(49)43(51)45(46)53)36-56-39(47)34-32-30-28-26-24-22-18-16-14-12-10-8-6-4-2/h11,13,17,19,38,41-46,49-53H,3-10,12,14-16,18,20-37H2,1-2H3,(H,54,55)/b13-11-,19-17-. The van der Waals surface area contributed by atoms with Gasteiger partial charge in [0.1, 0.15) is 43.2 Å². The van der Waals surface area contributed by atoms with Crippen LogP contribution in [0.4, 0.5) is 0 Å². The van der Waals surface area contributed by atoms with Crippen LogP contribution < -0.4 is 0 Å². The van der Waals surface area contributed by atoms with Gasteiger partial charge in [-0.3, -0.25) is 18.6 Å². The van der Waals surface area contributed by atoms with Crippen molar-refractivity contribution in [3.63, 3.8) is 0 Å². The molecule has 1 fully saturated rings. The first kappa shape index (κ1) is 56.3. The molecule has 1 aliphatic rings. The normalized spacial score (nSPS) is 22.3. The van der Waals surface area contributed by atoms with E-state index in [0.29, 0.717) is 12.8 Å². The van der Waals surface area contributed by atoms with Gasteiger partial charge in [-0.05, 0) is 44.9 Å². The molecule has 0 aromatic carbocycles. The average molecular weight is 877 g/mol. The van der Waals surface area contributed by atoms with Crippen molar-refractivity contribution in [3.05, 3.63) is 24.3 Å². The van der Waals surface area contributed by atoms with Crippen LogP contribution in [-0.2, 0) is 32.7 Å². The molecule has 13 nitrogen and oxygen atoms in total. The number of hydrogen-bond donors (Lipinski definition) is 6. The SMILES string of the molecule is CCCCC/C=C\C/C=C\CCCCCCCCCC(=O)OC(COC(=O)CCCCCCCCCCCCCCCC)COP(=O)(O)OC1C(O)C(O)C(O)C(O)C1O. The summed E-state index contributed by atoms with van der Waals surface area (Å²) in [7, 11) is -5.12. The number of hydrogen-bond acceptors (Lipinski definition) is 12. The molecule has 0 amide bonds. The second-order valence-electron chi connectivity index (χ2n) is 16.6. The highest BCUT2D eigenvalue weighted by Crippen LogP contribution is 2.47. The average Bonchev–Trinajstić information content (AvgIpc) is 3.23. The summed E-state index contributed by atoms with van der Waals surface area (Å²) in [5.74, 6) is -1.10. The van der Waals surface area contributed by atoms with Crippen molar-refractivity contribution in [1.29, 1.82) is 0 Å². The van der Waals surface area contributed by atoms with Crippen molar-refractivity contribution in [2.45, 2.75) is 243 Å². The lowest BCUT2D eigenvalue weighted by Gasteiger charge is -2.41. The number of allylic oxidation sites excluding steroid dienone is 4. The van der Waals surface area contributed by atoms with Gasteiger partial charge in [-0.25, -0.2) is 4.57 Å². The van der Waals surface area contributed by atoms with Crippen LogP contribution in [0.15, 0.2) is 24.3 Å². The van der Waals surface area contributed by atoms with E-state index in [-0.39, 0.29) is 12.8 Å². The van der Waals surface area contributed by atoms with E-state index in [4.69, 9.17) is 18.5 Å². The zero-order valence-electron chi connectivity index (χ0n) is 37.3. The van der Waals surface area contributed by atoms with Gasteiger partial charge in [-0.1, -0.05) is 167 Å². The van der Waals surface area contributed by atoms with Gasteiger partial charge < -0.3 is 39.9 Å². The van der Waals surface area contributed by atoms with Crippen molar-refractivity contribution in [2.24, 2.45) is 0 Å². The number of unbranched alkanes of at least 4 members (excludes halogenated alkanes) is 23. The number of aliphatic hydroxyl groups is 5. The number of esters is 2. The molecule has 60 heavy (non-hydrogen) atoms. The first-order valence-electron chi connectivity index (χ1n) is 23.6. The Morgan fingerprint density at radius 1 is 0.517 bits per heavy atom. The van der Waals surface area contributed by atoms with E-state index in [1.165, 1.54) is 83.5 Å². The van der Waals surface area contributed by atoms with Crippen LogP contribution in [0, 0.1) is 0 Å². The largest absolute Gasteiger partial charge is 0.472 e. The quantitative estimate of drug-likeness (QED) is 0.0147. The Balaban J connectivity index is 2.45. The molecule has 6 unspecified atom stereocenters. The summed E-state index contributed by atoms with van der Waals surface area (Å²) in [6, 6.07) is 0. The van der Waals surface area contributed by atoms with Gasteiger partial charge >= 0.3 is 19.8 Å². The van der Waals surface area contributed by atoms with Crippen molar-refractivity contribution < 1.29 is 63.1 Å². The minimum atomic E-state index is -5.12. The molecule has 14 heteroatoms. The molecule has 0 saturated heterocycles. The predicted molar refractivity (Wildman–Crippen MR) is 235 cm³/mol. The highest BCUT2D eigenvalue weighted by Gasteiger charge is 2.51. The Bertz CT molecular complexity index is 1150. The summed E-state index contributed by atoms with van der Waals surface area (Å²) in [5, 5.41) is 50.1. The number of rotatable bonds is 39. The lowest BCUT2D eigenvalue weighted by Crippen LogP contribution is -2.64. The van der Waals surface area contributed by atoms with Gasteiger partial charge in [0.05, 0.1) is 6.61 Å². The van der Waals surface area contributed by atoms with Gasteiger partial charge in [0.25, 0.3) is 0 Å². The fourth-order valence-corrected chi connectivity index (χ4v) is 8.17. The van der Waals surface area contributed by atoms with Gasteiger partial charge in [0, 0.05) is 12.8 Å². The molecule has 0 bridgehead atoms. The van der Waals surface area contributed by atoms with E-state index in [9.17, 15) is 44.6 Å². The molecule has 0 aromatic heterocycles. The highest BCUT2D eigenvalue weighted by molar-refractivity contribution is 7.47. The van der Waals surface area contributed by atoms with E-state index < -0.39 is 75.7 Å². The van der Waals surface area contributed by atoms with Crippen LogP contribution in [0.1, 0.15) is 200 Å². The smallest absolute Gasteiger partial charge is 0.462 e. The molecular formula is C46H85O13P. The first-order valence-corrected chi connectivity index (χ1v) is 25.1. The van der Waals surface area contributed by atoms with E-state index in [1.807, 2.05) is 0 Å². The zero-order valence-corrected chi connectivity index (χ0v) is 38.2. The summed E-state index contributed by atoms with van der Waals surface area (Å²) in [5.41, 5.74) is 0.